The first-order valence-corrected chi connectivity index (χ1v) is 13.1. The number of carbonyl (C=O) groups is 1. The summed E-state index contributed by atoms with van der Waals surface area (Å²) in [5.74, 6) is -0.123. The Morgan fingerprint density at radius 1 is 1.09 bits per heavy atom. The molecule has 0 aliphatic rings. The summed E-state index contributed by atoms with van der Waals surface area (Å²) in [6.07, 6.45) is 1.44. The van der Waals surface area contributed by atoms with Gasteiger partial charge >= 0.3 is 0 Å². The number of hydrogen-bond acceptors (Lipinski definition) is 5. The maximum absolute atomic E-state index is 13.3. The van der Waals surface area contributed by atoms with Gasteiger partial charge in [0.05, 0.1) is 15.5 Å². The average Bonchev–Trinajstić information content (AvgIpc) is 3.21. The molecule has 0 aliphatic heterocycles. The molecule has 0 saturated heterocycles. The van der Waals surface area contributed by atoms with Crippen molar-refractivity contribution in [2.24, 2.45) is 0 Å². The Kier molecular flexibility index (Phi) is 8.28. The minimum atomic E-state index is -3.69. The lowest BCUT2D eigenvalue weighted by Gasteiger charge is -2.24. The Balaban J connectivity index is 1.83. The van der Waals surface area contributed by atoms with Crippen molar-refractivity contribution in [3.8, 4) is 0 Å². The van der Waals surface area contributed by atoms with Crippen molar-refractivity contribution in [1.29, 1.82) is 0 Å². The average molecular weight is 475 g/mol. The Labute approximate surface area is 194 Å². The largest absolute Gasteiger partial charge is 0.382 e. The van der Waals surface area contributed by atoms with E-state index >= 15 is 0 Å². The molecule has 6 nitrogen and oxygen atoms in total. The van der Waals surface area contributed by atoms with Crippen LogP contribution in [0.5, 0.6) is 0 Å². The molecule has 1 N–H and O–H groups in total. The van der Waals surface area contributed by atoms with Gasteiger partial charge in [0, 0.05) is 31.0 Å². The molecule has 0 aliphatic carbocycles. The van der Waals surface area contributed by atoms with Crippen LogP contribution < -0.4 is 9.62 Å². The Hall–Kier alpha value is -2.42. The lowest BCUT2D eigenvalue weighted by Crippen LogP contribution is -2.31. The van der Waals surface area contributed by atoms with E-state index in [1.54, 1.807) is 24.3 Å². The van der Waals surface area contributed by atoms with Gasteiger partial charge in [-0.25, -0.2) is 8.42 Å². The number of rotatable bonds is 11. The predicted octanol–water partition coefficient (Wildman–Crippen LogP) is 4.97. The zero-order valence-electron chi connectivity index (χ0n) is 18.8. The number of anilines is 1. The van der Waals surface area contributed by atoms with Crippen LogP contribution in [0.1, 0.15) is 41.9 Å². The molecule has 0 radical (unpaired) electrons. The molecular weight excluding hydrogens is 444 g/mol. The van der Waals surface area contributed by atoms with E-state index in [4.69, 9.17) is 4.74 Å². The molecule has 0 atom stereocenters. The molecule has 8 heteroatoms. The second-order valence-corrected chi connectivity index (χ2v) is 10.5. The fourth-order valence-electron chi connectivity index (χ4n) is 3.33. The number of benzene rings is 2. The monoisotopic (exact) mass is 474 g/mol. The van der Waals surface area contributed by atoms with Crippen molar-refractivity contribution >= 4 is 43.0 Å². The molecule has 3 aromatic rings. The van der Waals surface area contributed by atoms with E-state index in [2.05, 4.69) is 5.32 Å². The molecule has 0 spiro atoms. The number of nitrogens with zero attached hydrogens (tertiary/aromatic N) is 1. The first kappa shape index (κ1) is 24.2. The summed E-state index contributed by atoms with van der Waals surface area (Å²) >= 11 is 1.40. The van der Waals surface area contributed by atoms with Crippen LogP contribution in [0.15, 0.2) is 53.4 Å². The zero-order valence-corrected chi connectivity index (χ0v) is 20.4. The van der Waals surface area contributed by atoms with E-state index in [0.717, 1.165) is 22.1 Å². The zero-order chi connectivity index (χ0) is 23.1. The van der Waals surface area contributed by atoms with Crippen molar-refractivity contribution < 1.29 is 17.9 Å². The molecule has 0 saturated carbocycles. The quantitative estimate of drug-likeness (QED) is 0.398. The van der Waals surface area contributed by atoms with Gasteiger partial charge in [-0.15, -0.1) is 11.3 Å². The third kappa shape index (κ3) is 5.68. The van der Waals surface area contributed by atoms with Crippen LogP contribution >= 0.6 is 11.3 Å². The Bertz CT molecular complexity index is 1150. The van der Waals surface area contributed by atoms with Gasteiger partial charge in [0.25, 0.3) is 15.9 Å². The summed E-state index contributed by atoms with van der Waals surface area (Å²) < 4.78 is 34.3. The van der Waals surface area contributed by atoms with Crippen LogP contribution in [-0.4, -0.2) is 40.6 Å². The number of fused-ring (bicyclic) bond motifs is 1. The number of amides is 1. The number of sulfonamides is 1. The lowest BCUT2D eigenvalue weighted by molar-refractivity contribution is 0.0948. The second kappa shape index (κ2) is 10.9. The van der Waals surface area contributed by atoms with E-state index in [1.165, 1.54) is 15.6 Å². The molecule has 172 valence electrons. The third-order valence-electron chi connectivity index (χ3n) is 5.00. The van der Waals surface area contributed by atoms with Crippen molar-refractivity contribution in [2.75, 3.05) is 30.6 Å². The maximum atomic E-state index is 13.3. The minimum absolute atomic E-state index is 0.123. The van der Waals surface area contributed by atoms with Gasteiger partial charge < -0.3 is 10.1 Å². The molecule has 3 rings (SSSR count). The molecule has 1 amide bonds. The summed E-state index contributed by atoms with van der Waals surface area (Å²) in [7, 11) is -3.69. The normalized spacial score (nSPS) is 11.6. The molecule has 32 heavy (non-hydrogen) atoms. The maximum Gasteiger partial charge on any atom is 0.264 e. The highest BCUT2D eigenvalue weighted by Gasteiger charge is 2.24. The van der Waals surface area contributed by atoms with Gasteiger partial charge in [-0.3, -0.25) is 9.10 Å². The van der Waals surface area contributed by atoms with Gasteiger partial charge in [-0.2, -0.15) is 0 Å². The smallest absolute Gasteiger partial charge is 0.264 e. The first-order valence-electron chi connectivity index (χ1n) is 10.9. The second-order valence-electron chi connectivity index (χ2n) is 7.53. The third-order valence-corrected chi connectivity index (χ3v) is 7.96. The molecule has 1 heterocycles. The number of hydrogen-bond donors (Lipinski definition) is 1. The van der Waals surface area contributed by atoms with Crippen LogP contribution in [0.4, 0.5) is 5.69 Å². The number of carbonyl (C=O) groups excluding carboxylic acids is 1. The van der Waals surface area contributed by atoms with E-state index in [9.17, 15) is 13.2 Å². The summed E-state index contributed by atoms with van der Waals surface area (Å²) in [6, 6.07) is 14.3. The van der Waals surface area contributed by atoms with Crippen molar-refractivity contribution in [1.82, 2.24) is 5.32 Å². The van der Waals surface area contributed by atoms with Crippen LogP contribution in [0.25, 0.3) is 10.1 Å². The van der Waals surface area contributed by atoms with Crippen molar-refractivity contribution in [3.63, 3.8) is 0 Å². The van der Waals surface area contributed by atoms with Crippen LogP contribution in [-0.2, 0) is 14.8 Å². The summed E-state index contributed by atoms with van der Waals surface area (Å²) in [6.45, 7) is 8.04. The summed E-state index contributed by atoms with van der Waals surface area (Å²) in [5, 5.41) is 3.77. The van der Waals surface area contributed by atoms with Crippen molar-refractivity contribution in [3.05, 3.63) is 59.0 Å². The molecule has 0 fully saturated rings. The van der Waals surface area contributed by atoms with Crippen molar-refractivity contribution in [2.45, 2.75) is 38.5 Å². The van der Waals surface area contributed by atoms with Crippen LogP contribution in [0.3, 0.4) is 0 Å². The fourth-order valence-corrected chi connectivity index (χ4v) is 5.84. The van der Waals surface area contributed by atoms with E-state index in [1.807, 2.05) is 45.0 Å². The first-order chi connectivity index (χ1) is 15.4. The van der Waals surface area contributed by atoms with E-state index < -0.39 is 10.0 Å². The Morgan fingerprint density at radius 3 is 2.53 bits per heavy atom. The molecule has 0 bridgehead atoms. The van der Waals surface area contributed by atoms with Crippen LogP contribution in [0.2, 0.25) is 0 Å². The molecular formula is C24H30N2O4S2. The number of ether oxygens (including phenoxy) is 1. The van der Waals surface area contributed by atoms with Gasteiger partial charge in [0.15, 0.2) is 0 Å². The van der Waals surface area contributed by atoms with Gasteiger partial charge in [-0.05, 0) is 68.5 Å². The number of aryl methyl sites for hydroxylation is 1. The van der Waals surface area contributed by atoms with E-state index in [-0.39, 0.29) is 10.8 Å². The minimum Gasteiger partial charge on any atom is -0.382 e. The number of thiophene rings is 1. The van der Waals surface area contributed by atoms with Crippen LogP contribution in [0, 0.1) is 6.92 Å². The summed E-state index contributed by atoms with van der Waals surface area (Å²) in [5.41, 5.74) is 1.61. The predicted molar refractivity (Wildman–Crippen MR) is 131 cm³/mol. The lowest BCUT2D eigenvalue weighted by atomic mass is 10.2. The topological polar surface area (TPSA) is 75.7 Å². The molecule has 1 aromatic heterocycles. The fraction of sp³-hybridized carbons (Fsp3) is 0.375. The highest BCUT2D eigenvalue weighted by molar-refractivity contribution is 7.92. The highest BCUT2D eigenvalue weighted by Crippen LogP contribution is 2.32. The molecule has 0 unspecified atom stereocenters. The SMILES string of the molecule is CCCN(c1ccc2sc(C(=O)NCCCOCC)cc2c1)S(=O)(=O)c1ccc(C)cc1. The standard InChI is InChI=1S/C24H30N2O4S2/c1-4-14-26(32(28,29)21-10-7-18(3)8-11-21)20-9-12-22-19(16-20)17-23(31-22)24(27)25-13-6-15-30-5-2/h7-12,16-17H,4-6,13-15H2,1-3H3,(H,25,27). The highest BCUT2D eigenvalue weighted by atomic mass is 32.2. The van der Waals surface area contributed by atoms with Gasteiger partial charge in [-0.1, -0.05) is 24.6 Å². The number of nitrogens with one attached hydrogen (secondary N) is 1. The van der Waals surface area contributed by atoms with E-state index in [0.29, 0.717) is 43.3 Å². The van der Waals surface area contributed by atoms with Gasteiger partial charge in [0.2, 0.25) is 0 Å². The van der Waals surface area contributed by atoms with Gasteiger partial charge in [0.1, 0.15) is 0 Å². The Morgan fingerprint density at radius 2 is 1.84 bits per heavy atom. The summed E-state index contributed by atoms with van der Waals surface area (Å²) in [4.78, 5) is 13.4. The molecule has 2 aromatic carbocycles.